The lowest BCUT2D eigenvalue weighted by atomic mass is 9.92. The van der Waals surface area contributed by atoms with E-state index in [0.717, 1.165) is 30.6 Å². The van der Waals surface area contributed by atoms with Crippen LogP contribution < -0.4 is 10.6 Å². The van der Waals surface area contributed by atoms with Gasteiger partial charge in [-0.3, -0.25) is 9.59 Å². The number of hydrogen-bond donors (Lipinski definition) is 2. The van der Waals surface area contributed by atoms with Crippen LogP contribution in [0.3, 0.4) is 0 Å². The number of aryl methyl sites for hydroxylation is 1. The highest BCUT2D eigenvalue weighted by Crippen LogP contribution is 2.30. The van der Waals surface area contributed by atoms with Gasteiger partial charge >= 0.3 is 0 Å². The van der Waals surface area contributed by atoms with Crippen LogP contribution in [0.25, 0.3) is 0 Å². The topological polar surface area (TPSA) is 71.3 Å². The van der Waals surface area contributed by atoms with E-state index in [-0.39, 0.29) is 23.8 Å². The molecular weight excluding hydrogens is 316 g/mol. The van der Waals surface area contributed by atoms with Crippen molar-refractivity contribution in [3.63, 3.8) is 0 Å². The summed E-state index contributed by atoms with van der Waals surface area (Å²) in [6.07, 6.45) is 4.45. The highest BCUT2D eigenvalue weighted by Gasteiger charge is 2.29. The number of furan rings is 1. The van der Waals surface area contributed by atoms with E-state index in [9.17, 15) is 9.59 Å². The van der Waals surface area contributed by atoms with Crippen LogP contribution in [-0.2, 0) is 11.2 Å². The fraction of sp³-hybridized carbons (Fsp3) is 0.400. The van der Waals surface area contributed by atoms with E-state index in [4.69, 9.17) is 4.42 Å². The van der Waals surface area contributed by atoms with E-state index in [1.165, 1.54) is 0 Å². The third-order valence-corrected chi connectivity index (χ3v) is 4.64. The van der Waals surface area contributed by atoms with Crippen molar-refractivity contribution in [2.24, 2.45) is 5.92 Å². The molecule has 3 rings (SSSR count). The summed E-state index contributed by atoms with van der Waals surface area (Å²) in [5.74, 6) is 0.548. The number of hydrogen-bond acceptors (Lipinski definition) is 3. The SMILES string of the molecule is CC(C)[C@H](NC(=O)c1ccccc1)C(=O)N[C@H]1CCCc2occc21. The van der Waals surface area contributed by atoms with Crippen molar-refractivity contribution in [1.82, 2.24) is 10.6 Å². The summed E-state index contributed by atoms with van der Waals surface area (Å²) in [6.45, 7) is 3.86. The lowest BCUT2D eigenvalue weighted by molar-refractivity contribution is -0.124. The van der Waals surface area contributed by atoms with Gasteiger partial charge in [-0.1, -0.05) is 32.0 Å². The van der Waals surface area contributed by atoms with Gasteiger partial charge in [0.1, 0.15) is 11.8 Å². The van der Waals surface area contributed by atoms with E-state index in [1.54, 1.807) is 18.4 Å². The van der Waals surface area contributed by atoms with Crippen molar-refractivity contribution in [3.8, 4) is 0 Å². The molecule has 132 valence electrons. The molecule has 5 heteroatoms. The van der Waals surface area contributed by atoms with Gasteiger partial charge in [0.2, 0.25) is 5.91 Å². The predicted octanol–water partition coefficient (Wildman–Crippen LogP) is 3.23. The Morgan fingerprint density at radius 2 is 1.92 bits per heavy atom. The zero-order valence-corrected chi connectivity index (χ0v) is 14.6. The van der Waals surface area contributed by atoms with Crippen molar-refractivity contribution < 1.29 is 14.0 Å². The molecule has 0 aliphatic heterocycles. The number of benzene rings is 1. The van der Waals surface area contributed by atoms with Gasteiger partial charge in [-0.25, -0.2) is 0 Å². The first kappa shape index (κ1) is 17.3. The number of amides is 2. The first-order valence-corrected chi connectivity index (χ1v) is 8.79. The normalized spacial score (nSPS) is 17.6. The Kier molecular flexibility index (Phi) is 5.22. The lowest BCUT2D eigenvalue weighted by Gasteiger charge is -2.27. The molecule has 0 spiro atoms. The third-order valence-electron chi connectivity index (χ3n) is 4.64. The fourth-order valence-electron chi connectivity index (χ4n) is 3.25. The Balaban J connectivity index is 1.69. The van der Waals surface area contributed by atoms with E-state index < -0.39 is 6.04 Å². The number of carbonyl (C=O) groups is 2. The summed E-state index contributed by atoms with van der Waals surface area (Å²) in [4.78, 5) is 25.2. The molecule has 1 aromatic heterocycles. The first-order chi connectivity index (χ1) is 12.1. The molecule has 0 fully saturated rings. The minimum Gasteiger partial charge on any atom is -0.469 e. The second kappa shape index (κ2) is 7.55. The minimum absolute atomic E-state index is 0.0138. The van der Waals surface area contributed by atoms with Crippen LogP contribution in [0, 0.1) is 5.92 Å². The third kappa shape index (κ3) is 3.92. The van der Waals surface area contributed by atoms with Crippen molar-refractivity contribution in [2.75, 3.05) is 0 Å². The van der Waals surface area contributed by atoms with Gasteiger partial charge in [-0.05, 0) is 37.0 Å². The fourth-order valence-corrected chi connectivity index (χ4v) is 3.25. The van der Waals surface area contributed by atoms with Gasteiger partial charge < -0.3 is 15.1 Å². The lowest BCUT2D eigenvalue weighted by Crippen LogP contribution is -2.50. The van der Waals surface area contributed by atoms with Gasteiger partial charge in [0, 0.05) is 17.5 Å². The molecule has 1 aliphatic rings. The molecule has 2 N–H and O–H groups in total. The summed E-state index contributed by atoms with van der Waals surface area (Å²) in [6, 6.07) is 10.2. The number of fused-ring (bicyclic) bond motifs is 1. The molecule has 2 atom stereocenters. The maximum atomic E-state index is 12.8. The molecule has 1 aliphatic carbocycles. The molecule has 2 amide bonds. The maximum Gasteiger partial charge on any atom is 0.251 e. The zero-order chi connectivity index (χ0) is 17.8. The second-order valence-electron chi connectivity index (χ2n) is 6.81. The van der Waals surface area contributed by atoms with Crippen LogP contribution in [0.4, 0.5) is 0 Å². The van der Waals surface area contributed by atoms with Crippen LogP contribution in [0.2, 0.25) is 0 Å². The number of rotatable bonds is 5. The molecule has 0 radical (unpaired) electrons. The number of nitrogens with one attached hydrogen (secondary N) is 2. The standard InChI is InChI=1S/C20H24N2O3/c1-13(2)18(22-19(23)14-7-4-3-5-8-14)20(24)21-16-9-6-10-17-15(16)11-12-25-17/h3-5,7-8,11-13,16,18H,6,9-10H2,1-2H3,(H,21,24)(H,22,23)/t16-,18-/m0/s1. The molecule has 1 heterocycles. The van der Waals surface area contributed by atoms with Crippen LogP contribution >= 0.6 is 0 Å². The van der Waals surface area contributed by atoms with Crippen LogP contribution in [-0.4, -0.2) is 17.9 Å². The molecule has 0 saturated carbocycles. The minimum atomic E-state index is -0.579. The molecule has 25 heavy (non-hydrogen) atoms. The summed E-state index contributed by atoms with van der Waals surface area (Å²) >= 11 is 0. The molecule has 1 aromatic carbocycles. The van der Waals surface area contributed by atoms with E-state index in [2.05, 4.69) is 10.6 Å². The molecule has 2 aromatic rings. The van der Waals surface area contributed by atoms with Crippen molar-refractivity contribution in [2.45, 2.75) is 45.2 Å². The Bertz CT molecular complexity index is 736. The van der Waals surface area contributed by atoms with Crippen molar-refractivity contribution in [1.29, 1.82) is 0 Å². The Morgan fingerprint density at radius 3 is 2.64 bits per heavy atom. The van der Waals surface area contributed by atoms with Gasteiger partial charge in [0.15, 0.2) is 0 Å². The quantitative estimate of drug-likeness (QED) is 0.878. The summed E-state index contributed by atoms with van der Waals surface area (Å²) < 4.78 is 5.48. The first-order valence-electron chi connectivity index (χ1n) is 8.79. The van der Waals surface area contributed by atoms with Gasteiger partial charge in [0.05, 0.1) is 12.3 Å². The molecule has 0 bridgehead atoms. The second-order valence-corrected chi connectivity index (χ2v) is 6.81. The van der Waals surface area contributed by atoms with Gasteiger partial charge in [-0.15, -0.1) is 0 Å². The van der Waals surface area contributed by atoms with Crippen LogP contribution in [0.1, 0.15) is 54.4 Å². The van der Waals surface area contributed by atoms with Crippen molar-refractivity contribution in [3.05, 3.63) is 59.5 Å². The van der Waals surface area contributed by atoms with E-state index in [1.807, 2.05) is 38.1 Å². The smallest absolute Gasteiger partial charge is 0.251 e. The van der Waals surface area contributed by atoms with E-state index in [0.29, 0.717) is 5.56 Å². The van der Waals surface area contributed by atoms with Crippen LogP contribution in [0.5, 0.6) is 0 Å². The van der Waals surface area contributed by atoms with Gasteiger partial charge in [0.25, 0.3) is 5.91 Å². The average molecular weight is 340 g/mol. The molecule has 0 saturated heterocycles. The Hall–Kier alpha value is -2.56. The molecule has 5 nitrogen and oxygen atoms in total. The Morgan fingerprint density at radius 1 is 1.16 bits per heavy atom. The monoisotopic (exact) mass is 340 g/mol. The highest BCUT2D eigenvalue weighted by atomic mass is 16.3. The molecule has 0 unspecified atom stereocenters. The maximum absolute atomic E-state index is 12.8. The van der Waals surface area contributed by atoms with Gasteiger partial charge in [-0.2, -0.15) is 0 Å². The van der Waals surface area contributed by atoms with Crippen LogP contribution in [0.15, 0.2) is 47.1 Å². The van der Waals surface area contributed by atoms with Crippen molar-refractivity contribution >= 4 is 11.8 Å². The average Bonchev–Trinajstić information content (AvgIpc) is 3.09. The summed E-state index contributed by atoms with van der Waals surface area (Å²) in [5, 5.41) is 5.95. The Labute approximate surface area is 147 Å². The zero-order valence-electron chi connectivity index (χ0n) is 14.6. The summed E-state index contributed by atoms with van der Waals surface area (Å²) in [7, 11) is 0. The van der Waals surface area contributed by atoms with E-state index >= 15 is 0 Å². The largest absolute Gasteiger partial charge is 0.469 e. The highest BCUT2D eigenvalue weighted by molar-refractivity contribution is 5.97. The molecular formula is C20H24N2O3. The predicted molar refractivity (Wildman–Crippen MR) is 95.1 cm³/mol. The number of carbonyl (C=O) groups excluding carboxylic acids is 2. The summed E-state index contributed by atoms with van der Waals surface area (Å²) in [5.41, 5.74) is 1.60.